The number of halogens is 3. The molecule has 7 nitrogen and oxygen atoms in total. The molecule has 1 unspecified atom stereocenters. The summed E-state index contributed by atoms with van der Waals surface area (Å²) < 4.78 is 65.5. The molecule has 0 bridgehead atoms. The van der Waals surface area contributed by atoms with Crippen LogP contribution in [-0.4, -0.2) is 42.8 Å². The zero-order valence-electron chi connectivity index (χ0n) is 18.5. The van der Waals surface area contributed by atoms with Gasteiger partial charge in [0.15, 0.2) is 17.6 Å². The molecule has 11 heteroatoms. The molecule has 0 aromatic heterocycles. The van der Waals surface area contributed by atoms with Crippen molar-refractivity contribution in [3.63, 3.8) is 0 Å². The van der Waals surface area contributed by atoms with Gasteiger partial charge in [0.1, 0.15) is 0 Å². The van der Waals surface area contributed by atoms with Gasteiger partial charge in [-0.3, -0.25) is 14.4 Å². The number of hydrogen-bond donors (Lipinski definition) is 1. The number of amides is 1. The highest BCUT2D eigenvalue weighted by atomic mass is 32.2. The Labute approximate surface area is 204 Å². The van der Waals surface area contributed by atoms with Crippen molar-refractivity contribution < 1.29 is 36.0 Å². The molecule has 0 spiro atoms. The van der Waals surface area contributed by atoms with Crippen molar-refractivity contribution in [1.82, 2.24) is 9.62 Å². The van der Waals surface area contributed by atoms with Crippen LogP contribution in [0.4, 0.5) is 13.2 Å². The van der Waals surface area contributed by atoms with Crippen molar-refractivity contribution in [3.8, 4) is 0 Å². The lowest BCUT2D eigenvalue weighted by Gasteiger charge is -2.33. The molecule has 0 saturated carbocycles. The van der Waals surface area contributed by atoms with E-state index in [9.17, 15) is 36.0 Å². The highest BCUT2D eigenvalue weighted by molar-refractivity contribution is 7.89. The van der Waals surface area contributed by atoms with Crippen LogP contribution in [0.3, 0.4) is 0 Å². The third-order valence-corrected chi connectivity index (χ3v) is 7.52. The van der Waals surface area contributed by atoms with Crippen LogP contribution >= 0.6 is 0 Å². The second-order valence-corrected chi connectivity index (χ2v) is 9.87. The van der Waals surface area contributed by atoms with E-state index in [2.05, 4.69) is 5.32 Å². The largest absolute Gasteiger partial charge is 0.416 e. The number of Topliss-reactive ketones (excluding diaryl/α,β-unsaturated/α-hetero) is 2. The highest BCUT2D eigenvalue weighted by Crippen LogP contribution is 2.32. The van der Waals surface area contributed by atoms with Gasteiger partial charge >= 0.3 is 6.18 Å². The topological polar surface area (TPSA) is 101 Å². The second kappa shape index (κ2) is 9.67. The van der Waals surface area contributed by atoms with Gasteiger partial charge in [0.05, 0.1) is 17.0 Å². The molecule has 1 amide bonds. The van der Waals surface area contributed by atoms with Crippen LogP contribution in [0.25, 0.3) is 0 Å². The van der Waals surface area contributed by atoms with Crippen LogP contribution in [0, 0.1) is 0 Å². The number of hydrogen-bond acceptors (Lipinski definition) is 5. The SMILES string of the molecule is O=C(CN1C(C(=O)c2ccccc2)C(=O)c2ccccc2S1(=O)=O)NCc1ccc(C(F)(F)F)cc1. The van der Waals surface area contributed by atoms with Gasteiger partial charge in [-0.1, -0.05) is 54.6 Å². The van der Waals surface area contributed by atoms with Crippen LogP contribution in [0.2, 0.25) is 0 Å². The first-order valence-corrected chi connectivity index (χ1v) is 12.1. The van der Waals surface area contributed by atoms with E-state index in [4.69, 9.17) is 0 Å². The Bertz CT molecular complexity index is 1420. The molecule has 1 aliphatic heterocycles. The zero-order chi connectivity index (χ0) is 26.1. The third kappa shape index (κ3) is 4.93. The molecule has 1 atom stereocenters. The fraction of sp³-hybridized carbons (Fsp3) is 0.160. The quantitative estimate of drug-likeness (QED) is 0.400. The van der Waals surface area contributed by atoms with E-state index in [-0.39, 0.29) is 22.6 Å². The van der Waals surface area contributed by atoms with E-state index in [0.717, 1.165) is 12.1 Å². The molecule has 186 valence electrons. The monoisotopic (exact) mass is 516 g/mol. The fourth-order valence-electron chi connectivity index (χ4n) is 3.83. The number of sulfonamides is 1. The Balaban J connectivity index is 1.60. The minimum atomic E-state index is -4.51. The summed E-state index contributed by atoms with van der Waals surface area (Å²) in [6, 6.07) is 15.4. The highest BCUT2D eigenvalue weighted by Gasteiger charge is 2.48. The van der Waals surface area contributed by atoms with E-state index in [1.807, 2.05) is 0 Å². The predicted molar refractivity (Wildman–Crippen MR) is 123 cm³/mol. The summed E-state index contributed by atoms with van der Waals surface area (Å²) >= 11 is 0. The smallest absolute Gasteiger partial charge is 0.351 e. The molecule has 3 aromatic rings. The van der Waals surface area contributed by atoms with E-state index < -0.39 is 51.8 Å². The average molecular weight is 516 g/mol. The summed E-state index contributed by atoms with van der Waals surface area (Å²) in [7, 11) is -4.41. The molecule has 3 aromatic carbocycles. The average Bonchev–Trinajstić information content (AvgIpc) is 2.86. The maximum atomic E-state index is 13.4. The summed E-state index contributed by atoms with van der Waals surface area (Å²) in [6.45, 7) is -1.03. The van der Waals surface area contributed by atoms with Gasteiger partial charge in [-0.15, -0.1) is 0 Å². The van der Waals surface area contributed by atoms with Gasteiger partial charge in [0.2, 0.25) is 15.9 Å². The van der Waals surface area contributed by atoms with Crippen molar-refractivity contribution in [3.05, 3.63) is 101 Å². The van der Waals surface area contributed by atoms with Crippen molar-refractivity contribution in [2.45, 2.75) is 23.7 Å². The molecular weight excluding hydrogens is 497 g/mol. The van der Waals surface area contributed by atoms with E-state index in [1.165, 1.54) is 48.5 Å². The van der Waals surface area contributed by atoms with Gasteiger partial charge in [0.25, 0.3) is 0 Å². The molecule has 0 radical (unpaired) electrons. The van der Waals surface area contributed by atoms with Crippen LogP contribution in [0.5, 0.6) is 0 Å². The van der Waals surface area contributed by atoms with Crippen LogP contribution < -0.4 is 5.32 Å². The van der Waals surface area contributed by atoms with E-state index in [1.54, 1.807) is 18.2 Å². The van der Waals surface area contributed by atoms with E-state index >= 15 is 0 Å². The molecular formula is C25H19F3N2O5S. The van der Waals surface area contributed by atoms with Crippen LogP contribution in [-0.2, 0) is 27.5 Å². The normalized spacial score (nSPS) is 17.3. The van der Waals surface area contributed by atoms with E-state index in [0.29, 0.717) is 9.87 Å². The number of fused-ring (bicyclic) bond motifs is 1. The number of ketones is 2. The maximum absolute atomic E-state index is 13.4. The Kier molecular flexibility index (Phi) is 6.79. The van der Waals surface area contributed by atoms with Crippen molar-refractivity contribution >= 4 is 27.5 Å². The number of benzene rings is 3. The second-order valence-electron chi connectivity index (χ2n) is 8.01. The third-order valence-electron chi connectivity index (χ3n) is 5.65. The fourth-order valence-corrected chi connectivity index (χ4v) is 5.54. The number of carbonyl (C=O) groups excluding carboxylic acids is 3. The Morgan fingerprint density at radius 1 is 0.889 bits per heavy atom. The summed E-state index contributed by atoms with van der Waals surface area (Å²) in [5, 5.41) is 2.43. The van der Waals surface area contributed by atoms with Crippen LogP contribution in [0.15, 0.2) is 83.8 Å². The maximum Gasteiger partial charge on any atom is 0.416 e. The standard InChI is InChI=1S/C25H19F3N2O5S/c26-25(27,28)18-12-10-16(11-13-18)14-29-21(31)15-30-22(23(32)17-6-2-1-3-7-17)24(33)19-8-4-5-9-20(19)36(30,34)35/h1-13,22H,14-15H2,(H,29,31). The van der Waals surface area contributed by atoms with Crippen LogP contribution in [0.1, 0.15) is 31.8 Å². The first-order valence-electron chi connectivity index (χ1n) is 10.7. The number of alkyl halides is 3. The number of nitrogens with zero attached hydrogens (tertiary/aromatic N) is 1. The first-order chi connectivity index (χ1) is 17.0. The Hall–Kier alpha value is -3.83. The molecule has 0 aliphatic carbocycles. The zero-order valence-corrected chi connectivity index (χ0v) is 19.3. The van der Waals surface area contributed by atoms with Crippen molar-refractivity contribution in [2.24, 2.45) is 0 Å². The van der Waals surface area contributed by atoms with Gasteiger partial charge in [-0.25, -0.2) is 8.42 Å². The molecule has 0 saturated heterocycles. The number of carbonyl (C=O) groups is 3. The van der Waals surface area contributed by atoms with Gasteiger partial charge in [-0.2, -0.15) is 17.5 Å². The van der Waals surface area contributed by atoms with Gasteiger partial charge in [-0.05, 0) is 29.8 Å². The van der Waals surface area contributed by atoms with Crippen molar-refractivity contribution in [1.29, 1.82) is 0 Å². The Morgan fingerprint density at radius 3 is 2.14 bits per heavy atom. The minimum Gasteiger partial charge on any atom is -0.351 e. The molecule has 0 fully saturated rings. The van der Waals surface area contributed by atoms with Gasteiger partial charge < -0.3 is 5.32 Å². The summed E-state index contributed by atoms with van der Waals surface area (Å²) in [5.74, 6) is -2.38. The first kappa shape index (κ1) is 25.3. The summed E-state index contributed by atoms with van der Waals surface area (Å²) in [6.07, 6.45) is -4.51. The number of nitrogens with one attached hydrogen (secondary N) is 1. The molecule has 1 aliphatic rings. The predicted octanol–water partition coefficient (Wildman–Crippen LogP) is 3.46. The lowest BCUT2D eigenvalue weighted by molar-refractivity contribution is -0.137. The molecule has 36 heavy (non-hydrogen) atoms. The minimum absolute atomic E-state index is 0.0978. The summed E-state index contributed by atoms with van der Waals surface area (Å²) in [5.41, 5.74) is -0.554. The molecule has 1 N–H and O–H groups in total. The number of rotatable bonds is 6. The Morgan fingerprint density at radius 2 is 1.50 bits per heavy atom. The van der Waals surface area contributed by atoms with Crippen molar-refractivity contribution in [2.75, 3.05) is 6.54 Å². The van der Waals surface area contributed by atoms with Gasteiger partial charge in [0, 0.05) is 17.7 Å². The lowest BCUT2D eigenvalue weighted by Crippen LogP contribution is -2.56. The summed E-state index contributed by atoms with van der Waals surface area (Å²) in [4.78, 5) is 38.9. The molecule has 4 rings (SSSR count). The lowest BCUT2D eigenvalue weighted by atomic mass is 9.96. The molecule has 1 heterocycles.